The highest BCUT2D eigenvalue weighted by molar-refractivity contribution is 5.96. The van der Waals surface area contributed by atoms with E-state index in [-0.39, 0.29) is 36.0 Å². The number of likely N-dealkylation sites (N-methyl/N-ethyl adjacent to an activating group) is 1. The summed E-state index contributed by atoms with van der Waals surface area (Å²) in [6.45, 7) is 6.91. The highest BCUT2D eigenvalue weighted by Gasteiger charge is 2.31. The van der Waals surface area contributed by atoms with Crippen LogP contribution in [0.4, 0.5) is 0 Å². The molecule has 11 heteroatoms. The largest absolute Gasteiger partial charge is 0.351 e. The van der Waals surface area contributed by atoms with E-state index in [1.807, 2.05) is 21.0 Å². The Bertz CT molecular complexity index is 1240. The van der Waals surface area contributed by atoms with Crippen molar-refractivity contribution in [3.05, 3.63) is 33.9 Å². The number of nitrogens with zero attached hydrogens (tertiary/aromatic N) is 6. The van der Waals surface area contributed by atoms with Gasteiger partial charge in [0.2, 0.25) is 11.8 Å². The number of hydrogen-bond acceptors (Lipinski definition) is 6. The first-order chi connectivity index (χ1) is 18.1. The fourth-order valence-corrected chi connectivity index (χ4v) is 5.79. The van der Waals surface area contributed by atoms with Crippen molar-refractivity contribution in [3.63, 3.8) is 0 Å². The van der Waals surface area contributed by atoms with E-state index >= 15 is 0 Å². The van der Waals surface area contributed by atoms with Crippen molar-refractivity contribution in [2.75, 3.05) is 26.7 Å². The predicted molar refractivity (Wildman–Crippen MR) is 141 cm³/mol. The van der Waals surface area contributed by atoms with Gasteiger partial charge in [-0.1, -0.05) is 0 Å². The fourth-order valence-electron chi connectivity index (χ4n) is 5.79. The fraction of sp³-hybridized carbons (Fsp3) is 0.630. The van der Waals surface area contributed by atoms with Crippen LogP contribution in [0.1, 0.15) is 82.5 Å². The third kappa shape index (κ3) is 5.66. The summed E-state index contributed by atoms with van der Waals surface area (Å²) in [5, 5.41) is 11.9. The Hall–Kier alpha value is -3.50. The lowest BCUT2D eigenvalue weighted by Gasteiger charge is -2.32. The molecule has 2 aromatic rings. The summed E-state index contributed by atoms with van der Waals surface area (Å²) >= 11 is 0. The predicted octanol–water partition coefficient (Wildman–Crippen LogP) is 1.58. The van der Waals surface area contributed by atoms with Crippen LogP contribution in [0, 0.1) is 13.8 Å². The maximum atomic E-state index is 13.2. The first-order valence-electron chi connectivity index (χ1n) is 13.5. The number of aromatic nitrogens is 4. The first-order valence-corrected chi connectivity index (χ1v) is 13.5. The molecule has 2 aromatic heterocycles. The third-order valence-electron chi connectivity index (χ3n) is 7.92. The SMILES string of the molecule is CC(=O)c1c(C)nn(CCC(=O)N2CCCNC(=O)c3nn(C)c4c3CC(CC4)N(C)C(=O)CCC2)c1C. The molecule has 38 heavy (non-hydrogen) atoms. The molecule has 0 fully saturated rings. The van der Waals surface area contributed by atoms with Gasteiger partial charge in [-0.15, -0.1) is 0 Å². The molecule has 206 valence electrons. The molecule has 2 bridgehead atoms. The molecule has 1 aliphatic carbocycles. The molecule has 1 aliphatic heterocycles. The molecule has 0 spiro atoms. The average Bonchev–Trinajstić information content (AvgIpc) is 3.37. The van der Waals surface area contributed by atoms with E-state index < -0.39 is 0 Å². The number of carbonyl (C=O) groups excluding carboxylic acids is 4. The zero-order chi connectivity index (χ0) is 27.6. The summed E-state index contributed by atoms with van der Waals surface area (Å²) in [5.41, 5.74) is 4.47. The molecule has 1 atom stereocenters. The Morgan fingerprint density at radius 1 is 1.05 bits per heavy atom. The smallest absolute Gasteiger partial charge is 0.272 e. The maximum Gasteiger partial charge on any atom is 0.272 e. The summed E-state index contributed by atoms with van der Waals surface area (Å²) in [7, 11) is 3.69. The van der Waals surface area contributed by atoms with Gasteiger partial charge in [-0.05, 0) is 52.9 Å². The number of fused-ring (bicyclic) bond motifs is 1. The number of carbonyl (C=O) groups is 4. The monoisotopic (exact) mass is 525 g/mol. The van der Waals surface area contributed by atoms with Crippen LogP contribution in [0.15, 0.2) is 0 Å². The number of Topliss-reactive ketones (excluding diaryl/α,β-unsaturated/α-hetero) is 1. The van der Waals surface area contributed by atoms with E-state index in [1.54, 1.807) is 26.1 Å². The van der Waals surface area contributed by atoms with Crippen LogP contribution in [-0.2, 0) is 36.0 Å². The molecule has 1 unspecified atom stereocenters. The molecule has 3 heterocycles. The van der Waals surface area contributed by atoms with Crippen molar-refractivity contribution < 1.29 is 19.2 Å². The van der Waals surface area contributed by atoms with Gasteiger partial charge in [0.15, 0.2) is 11.5 Å². The zero-order valence-corrected chi connectivity index (χ0v) is 23.2. The summed E-state index contributed by atoms with van der Waals surface area (Å²) in [4.78, 5) is 54.7. The van der Waals surface area contributed by atoms with E-state index in [2.05, 4.69) is 15.5 Å². The highest BCUT2D eigenvalue weighted by atomic mass is 16.2. The Morgan fingerprint density at radius 2 is 1.79 bits per heavy atom. The van der Waals surface area contributed by atoms with Crippen LogP contribution in [0.25, 0.3) is 0 Å². The maximum absolute atomic E-state index is 13.2. The molecule has 4 rings (SSSR count). The molecule has 11 nitrogen and oxygen atoms in total. The molecule has 0 saturated carbocycles. The molecular weight excluding hydrogens is 486 g/mol. The number of hydrogen-bond donors (Lipinski definition) is 1. The molecule has 2 aliphatic rings. The summed E-state index contributed by atoms with van der Waals surface area (Å²) in [5.74, 6) is -0.234. The molecule has 0 aromatic carbocycles. The first kappa shape index (κ1) is 27.5. The average molecular weight is 526 g/mol. The zero-order valence-electron chi connectivity index (χ0n) is 23.2. The van der Waals surface area contributed by atoms with E-state index in [9.17, 15) is 19.2 Å². The van der Waals surface area contributed by atoms with E-state index in [0.717, 1.165) is 29.8 Å². The number of aryl methyl sites for hydroxylation is 3. The number of nitrogens with one attached hydrogen (secondary N) is 1. The lowest BCUT2D eigenvalue weighted by atomic mass is 9.90. The van der Waals surface area contributed by atoms with Gasteiger partial charge < -0.3 is 15.1 Å². The van der Waals surface area contributed by atoms with Gasteiger partial charge in [0.25, 0.3) is 5.91 Å². The van der Waals surface area contributed by atoms with Gasteiger partial charge >= 0.3 is 0 Å². The van der Waals surface area contributed by atoms with Crippen molar-refractivity contribution in [1.82, 2.24) is 34.7 Å². The van der Waals surface area contributed by atoms with E-state index in [1.165, 1.54) is 6.92 Å². The van der Waals surface area contributed by atoms with Crippen molar-refractivity contribution in [3.8, 4) is 0 Å². The van der Waals surface area contributed by atoms with Gasteiger partial charge in [-0.3, -0.25) is 28.5 Å². The van der Waals surface area contributed by atoms with E-state index in [0.29, 0.717) is 68.8 Å². The van der Waals surface area contributed by atoms with Crippen LogP contribution in [0.2, 0.25) is 0 Å². The lowest BCUT2D eigenvalue weighted by Crippen LogP contribution is -2.41. The number of rotatable bonds is 4. The minimum Gasteiger partial charge on any atom is -0.351 e. The lowest BCUT2D eigenvalue weighted by molar-refractivity contribution is -0.134. The minimum absolute atomic E-state index is 0.0225. The second-order valence-electron chi connectivity index (χ2n) is 10.5. The van der Waals surface area contributed by atoms with Gasteiger partial charge in [-0.2, -0.15) is 10.2 Å². The third-order valence-corrected chi connectivity index (χ3v) is 7.92. The second-order valence-corrected chi connectivity index (χ2v) is 10.5. The van der Waals surface area contributed by atoms with Crippen LogP contribution >= 0.6 is 0 Å². The molecule has 0 saturated heterocycles. The Labute approximate surface area is 223 Å². The Morgan fingerprint density at radius 3 is 2.50 bits per heavy atom. The van der Waals surface area contributed by atoms with Crippen molar-refractivity contribution >= 4 is 23.5 Å². The quantitative estimate of drug-likeness (QED) is 0.605. The number of amides is 3. The summed E-state index contributed by atoms with van der Waals surface area (Å²) < 4.78 is 3.50. The minimum atomic E-state index is -0.213. The molecule has 3 amide bonds. The van der Waals surface area contributed by atoms with Gasteiger partial charge in [-0.25, -0.2) is 0 Å². The van der Waals surface area contributed by atoms with Crippen molar-refractivity contribution in [2.45, 2.75) is 78.3 Å². The Balaban J connectivity index is 1.45. The van der Waals surface area contributed by atoms with Crippen molar-refractivity contribution in [2.24, 2.45) is 7.05 Å². The van der Waals surface area contributed by atoms with Gasteiger partial charge in [0, 0.05) is 76.1 Å². The van der Waals surface area contributed by atoms with Gasteiger partial charge in [0.05, 0.1) is 11.3 Å². The van der Waals surface area contributed by atoms with Crippen LogP contribution in [0.3, 0.4) is 0 Å². The van der Waals surface area contributed by atoms with Crippen LogP contribution < -0.4 is 5.32 Å². The molecule has 0 radical (unpaired) electrons. The van der Waals surface area contributed by atoms with Gasteiger partial charge in [0.1, 0.15) is 0 Å². The van der Waals surface area contributed by atoms with E-state index in [4.69, 9.17) is 0 Å². The van der Waals surface area contributed by atoms with Crippen molar-refractivity contribution in [1.29, 1.82) is 0 Å². The summed E-state index contributed by atoms with van der Waals surface area (Å²) in [6.07, 6.45) is 4.00. The molecular formula is C27H39N7O4. The molecule has 1 N–H and O–H groups in total. The topological polar surface area (TPSA) is 122 Å². The number of ketones is 1. The standard InChI is InChI=1S/C27H39N7O4/c1-17-25(19(3)35)18(2)34(29-17)15-11-24(37)33-13-6-8-23(36)31(4)20-9-10-22-21(16-20)26(30-32(22)5)27(38)28-12-7-14-33/h20H,6-16H2,1-5H3,(H,28,38). The highest BCUT2D eigenvalue weighted by Crippen LogP contribution is 2.27. The normalized spacial score (nSPS) is 19.1. The summed E-state index contributed by atoms with van der Waals surface area (Å²) in [6, 6.07) is 0.0225. The Kier molecular flexibility index (Phi) is 8.32. The second kappa shape index (κ2) is 11.5. The van der Waals surface area contributed by atoms with Crippen LogP contribution in [-0.4, -0.2) is 85.6 Å². The van der Waals surface area contributed by atoms with Crippen LogP contribution in [0.5, 0.6) is 0 Å².